The molecular weight excluding hydrogens is 444 g/mol. The number of carbonyl (C=O) groups is 1. The van der Waals surface area contributed by atoms with Gasteiger partial charge in [0.15, 0.2) is 5.76 Å². The molecule has 5 fully saturated rings. The molecule has 1 aromatic carbocycles. The molecule has 8 heteroatoms. The standard InChI is InChI=1S/C27H34N4O4/c1-18(27-15-19-11-20(16-27)13-21(12-19)17-27)28-23-14-22(4-5-24(23)31(33)34)29-6-8-30(9-7-29)26(32)25-3-2-10-35-25/h2-5,10,14,18-21,28H,6-9,11-13,15-17H2,1H3. The molecule has 5 aliphatic rings. The van der Waals surface area contributed by atoms with Crippen LogP contribution in [0.1, 0.15) is 56.0 Å². The Morgan fingerprint density at radius 1 is 1.09 bits per heavy atom. The number of nitro benzene ring substituents is 1. The molecule has 4 bridgehead atoms. The van der Waals surface area contributed by atoms with Crippen LogP contribution in [0, 0.1) is 33.3 Å². The molecule has 1 amide bonds. The van der Waals surface area contributed by atoms with Crippen LogP contribution >= 0.6 is 0 Å². The van der Waals surface area contributed by atoms with Gasteiger partial charge in [0.05, 0.1) is 11.2 Å². The summed E-state index contributed by atoms with van der Waals surface area (Å²) in [7, 11) is 0. The van der Waals surface area contributed by atoms with Crippen molar-refractivity contribution in [1.29, 1.82) is 0 Å². The average molecular weight is 479 g/mol. The van der Waals surface area contributed by atoms with E-state index < -0.39 is 0 Å². The van der Waals surface area contributed by atoms with Gasteiger partial charge in [0.2, 0.25) is 0 Å². The number of furan rings is 1. The minimum Gasteiger partial charge on any atom is -0.459 e. The van der Waals surface area contributed by atoms with Crippen molar-refractivity contribution < 1.29 is 14.1 Å². The number of piperazine rings is 1. The highest BCUT2D eigenvalue weighted by Crippen LogP contribution is 2.61. The van der Waals surface area contributed by atoms with Gasteiger partial charge in [0, 0.05) is 44.0 Å². The maximum atomic E-state index is 12.6. The molecule has 4 aliphatic carbocycles. The number of nitro groups is 1. The van der Waals surface area contributed by atoms with Crippen molar-refractivity contribution >= 4 is 23.0 Å². The van der Waals surface area contributed by atoms with Crippen LogP contribution in [0.4, 0.5) is 17.1 Å². The molecule has 0 spiro atoms. The second kappa shape index (κ2) is 8.57. The van der Waals surface area contributed by atoms with E-state index in [0.29, 0.717) is 37.6 Å². The summed E-state index contributed by atoms with van der Waals surface area (Å²) in [6.07, 6.45) is 9.44. The summed E-state index contributed by atoms with van der Waals surface area (Å²) in [6.45, 7) is 4.76. The Bertz CT molecular complexity index is 1070. The van der Waals surface area contributed by atoms with Crippen molar-refractivity contribution in [2.75, 3.05) is 36.4 Å². The monoisotopic (exact) mass is 478 g/mol. The molecule has 1 unspecified atom stereocenters. The van der Waals surface area contributed by atoms with E-state index in [1.54, 1.807) is 23.1 Å². The van der Waals surface area contributed by atoms with E-state index in [0.717, 1.165) is 23.4 Å². The van der Waals surface area contributed by atoms with Crippen LogP contribution in [-0.2, 0) is 0 Å². The number of hydrogen-bond acceptors (Lipinski definition) is 6. The van der Waals surface area contributed by atoms with E-state index in [4.69, 9.17) is 4.42 Å². The lowest BCUT2D eigenvalue weighted by Gasteiger charge is -2.59. The Kier molecular flexibility index (Phi) is 5.49. The highest BCUT2D eigenvalue weighted by molar-refractivity contribution is 5.91. The maximum absolute atomic E-state index is 12.6. The fourth-order valence-electron chi connectivity index (χ4n) is 7.81. The Morgan fingerprint density at radius 3 is 2.31 bits per heavy atom. The van der Waals surface area contributed by atoms with Gasteiger partial charge in [-0.25, -0.2) is 0 Å². The molecule has 1 saturated heterocycles. The number of carbonyl (C=O) groups excluding carboxylic acids is 1. The first-order chi connectivity index (χ1) is 16.9. The van der Waals surface area contributed by atoms with E-state index in [1.165, 1.54) is 44.8 Å². The number of amides is 1. The quantitative estimate of drug-likeness (QED) is 0.455. The van der Waals surface area contributed by atoms with Crippen LogP contribution in [0.15, 0.2) is 41.0 Å². The number of hydrogen-bond donors (Lipinski definition) is 1. The normalized spacial score (nSPS) is 30.4. The van der Waals surface area contributed by atoms with Crippen molar-refractivity contribution in [3.05, 3.63) is 52.5 Å². The highest BCUT2D eigenvalue weighted by atomic mass is 16.6. The summed E-state index contributed by atoms with van der Waals surface area (Å²) >= 11 is 0. The van der Waals surface area contributed by atoms with Gasteiger partial charge in [-0.2, -0.15) is 0 Å². The molecule has 2 aromatic rings. The zero-order valence-corrected chi connectivity index (χ0v) is 20.3. The zero-order chi connectivity index (χ0) is 24.2. The molecule has 1 atom stereocenters. The SMILES string of the molecule is CC(Nc1cc(N2CCN(C(=O)c3ccco3)CC2)ccc1[N+](=O)[O-])C12CC3CC(CC(C3)C1)C2. The topological polar surface area (TPSA) is 91.9 Å². The minimum atomic E-state index is -0.279. The predicted octanol–water partition coefficient (Wildman–Crippen LogP) is 5.17. The Labute approximate surface area is 205 Å². The van der Waals surface area contributed by atoms with Crippen LogP contribution in [0.3, 0.4) is 0 Å². The fourth-order valence-corrected chi connectivity index (χ4v) is 7.81. The van der Waals surface area contributed by atoms with Crippen LogP contribution in [0.25, 0.3) is 0 Å². The lowest BCUT2D eigenvalue weighted by molar-refractivity contribution is -0.384. The first kappa shape index (κ1) is 22.4. The summed E-state index contributed by atoms with van der Waals surface area (Å²) in [5.74, 6) is 2.79. The number of rotatable bonds is 6. The first-order valence-corrected chi connectivity index (χ1v) is 13.0. The van der Waals surface area contributed by atoms with Crippen molar-refractivity contribution in [2.45, 2.75) is 51.5 Å². The van der Waals surface area contributed by atoms with E-state index in [1.807, 2.05) is 12.1 Å². The Balaban J connectivity index is 1.18. The predicted molar refractivity (Wildman–Crippen MR) is 134 cm³/mol. The second-order valence-electron chi connectivity index (χ2n) is 11.4. The van der Waals surface area contributed by atoms with Crippen molar-refractivity contribution in [3.63, 3.8) is 0 Å². The summed E-state index contributed by atoms with van der Waals surface area (Å²) in [4.78, 5) is 28.2. The number of benzene rings is 1. The minimum absolute atomic E-state index is 0.0925. The van der Waals surface area contributed by atoms with Gasteiger partial charge < -0.3 is 19.5 Å². The van der Waals surface area contributed by atoms with Crippen LogP contribution < -0.4 is 10.2 Å². The maximum Gasteiger partial charge on any atom is 0.292 e. The largest absolute Gasteiger partial charge is 0.459 e. The van der Waals surface area contributed by atoms with Gasteiger partial charge in [0.25, 0.3) is 11.6 Å². The van der Waals surface area contributed by atoms with E-state index in [-0.39, 0.29) is 28.0 Å². The third-order valence-electron chi connectivity index (χ3n) is 9.22. The average Bonchev–Trinajstić information content (AvgIpc) is 3.38. The molecule has 7 rings (SSSR count). The van der Waals surface area contributed by atoms with E-state index in [9.17, 15) is 14.9 Å². The Hall–Kier alpha value is -3.03. The van der Waals surface area contributed by atoms with Crippen LogP contribution in [-0.4, -0.2) is 48.0 Å². The van der Waals surface area contributed by atoms with Gasteiger partial charge in [-0.15, -0.1) is 0 Å². The fraction of sp³-hybridized carbons (Fsp3) is 0.593. The van der Waals surface area contributed by atoms with Gasteiger partial charge in [-0.1, -0.05) is 0 Å². The van der Waals surface area contributed by atoms with Crippen LogP contribution in [0.2, 0.25) is 0 Å². The summed E-state index contributed by atoms with van der Waals surface area (Å²) in [6, 6.07) is 9.02. The number of nitrogens with one attached hydrogen (secondary N) is 1. The second-order valence-corrected chi connectivity index (χ2v) is 11.4. The number of anilines is 2. The first-order valence-electron chi connectivity index (χ1n) is 13.0. The molecule has 4 saturated carbocycles. The van der Waals surface area contributed by atoms with Crippen molar-refractivity contribution in [1.82, 2.24) is 4.90 Å². The number of nitrogens with zero attached hydrogens (tertiary/aromatic N) is 3. The molecule has 1 aliphatic heterocycles. The molecule has 1 N–H and O–H groups in total. The van der Waals surface area contributed by atoms with Crippen molar-refractivity contribution in [2.24, 2.45) is 23.2 Å². The van der Waals surface area contributed by atoms with Gasteiger partial charge in [-0.3, -0.25) is 14.9 Å². The van der Waals surface area contributed by atoms with E-state index in [2.05, 4.69) is 17.1 Å². The van der Waals surface area contributed by atoms with Crippen molar-refractivity contribution in [3.8, 4) is 0 Å². The molecule has 186 valence electrons. The molecule has 2 heterocycles. The highest BCUT2D eigenvalue weighted by Gasteiger charge is 2.53. The lowest BCUT2D eigenvalue weighted by atomic mass is 9.48. The molecule has 35 heavy (non-hydrogen) atoms. The van der Waals surface area contributed by atoms with Gasteiger partial charge >= 0.3 is 0 Å². The molecular formula is C27H34N4O4. The Morgan fingerprint density at radius 2 is 1.74 bits per heavy atom. The zero-order valence-electron chi connectivity index (χ0n) is 20.3. The van der Waals surface area contributed by atoms with E-state index >= 15 is 0 Å². The van der Waals surface area contributed by atoms with Gasteiger partial charge in [0.1, 0.15) is 5.69 Å². The smallest absolute Gasteiger partial charge is 0.292 e. The summed E-state index contributed by atoms with van der Waals surface area (Å²) in [5, 5.41) is 15.5. The molecule has 0 radical (unpaired) electrons. The third kappa shape index (κ3) is 4.06. The third-order valence-corrected chi connectivity index (χ3v) is 9.22. The summed E-state index contributed by atoms with van der Waals surface area (Å²) < 4.78 is 5.26. The molecule has 1 aromatic heterocycles. The van der Waals surface area contributed by atoms with Crippen LogP contribution in [0.5, 0.6) is 0 Å². The lowest BCUT2D eigenvalue weighted by Crippen LogP contribution is -2.53. The molecule has 8 nitrogen and oxygen atoms in total. The van der Waals surface area contributed by atoms with Gasteiger partial charge in [-0.05, 0) is 92.9 Å². The summed E-state index contributed by atoms with van der Waals surface area (Å²) in [5.41, 5.74) is 1.97.